The van der Waals surface area contributed by atoms with Gasteiger partial charge in [0, 0.05) is 18.2 Å². The minimum Gasteiger partial charge on any atom is -0.505 e. The molecule has 3 rings (SSSR count). The summed E-state index contributed by atoms with van der Waals surface area (Å²) in [7, 11) is 0. The average molecular weight is 400 g/mol. The van der Waals surface area contributed by atoms with Gasteiger partial charge in [-0.15, -0.1) is 0 Å². The van der Waals surface area contributed by atoms with E-state index in [1.807, 2.05) is 0 Å². The summed E-state index contributed by atoms with van der Waals surface area (Å²) in [4.78, 5) is 25.2. The van der Waals surface area contributed by atoms with Crippen molar-refractivity contribution in [3.8, 4) is 0 Å². The fourth-order valence-corrected chi connectivity index (χ4v) is 5.94. The highest BCUT2D eigenvalue weighted by molar-refractivity contribution is 6.48. The van der Waals surface area contributed by atoms with E-state index in [2.05, 4.69) is 46.5 Å². The second-order valence-electron chi connectivity index (χ2n) is 10.4. The molecular formula is C25H37NO3. The summed E-state index contributed by atoms with van der Waals surface area (Å²) in [5.41, 5.74) is 1.93. The number of Topliss-reactive ketones (excluding diaryl/α,β-unsaturated/α-hetero) is 1. The van der Waals surface area contributed by atoms with E-state index in [4.69, 9.17) is 0 Å². The molecule has 29 heavy (non-hydrogen) atoms. The Morgan fingerprint density at radius 2 is 1.97 bits per heavy atom. The Hall–Kier alpha value is -1.84. The van der Waals surface area contributed by atoms with Crippen LogP contribution in [-0.2, 0) is 9.59 Å². The van der Waals surface area contributed by atoms with E-state index in [1.54, 1.807) is 0 Å². The summed E-state index contributed by atoms with van der Waals surface area (Å²) in [5.74, 6) is 0.0593. The van der Waals surface area contributed by atoms with Gasteiger partial charge in [0.15, 0.2) is 0 Å². The second kappa shape index (κ2) is 7.77. The number of nitrogens with one attached hydrogen (secondary N) is 1. The highest BCUT2D eigenvalue weighted by atomic mass is 16.3. The molecule has 0 heterocycles. The Kier molecular flexibility index (Phi) is 5.86. The molecule has 0 aromatic heterocycles. The first-order chi connectivity index (χ1) is 13.5. The number of carbonyl (C=O) groups is 2. The molecule has 4 atom stereocenters. The summed E-state index contributed by atoms with van der Waals surface area (Å²) in [5, 5.41) is 14.1. The van der Waals surface area contributed by atoms with Gasteiger partial charge in [-0.25, -0.2) is 0 Å². The van der Waals surface area contributed by atoms with E-state index < -0.39 is 11.6 Å². The molecule has 2 fully saturated rings. The van der Waals surface area contributed by atoms with Crippen LogP contribution in [0.5, 0.6) is 0 Å². The van der Waals surface area contributed by atoms with Gasteiger partial charge in [-0.2, -0.15) is 0 Å². The van der Waals surface area contributed by atoms with Crippen molar-refractivity contribution in [2.45, 2.75) is 73.1 Å². The van der Waals surface area contributed by atoms with Gasteiger partial charge in [0.05, 0.1) is 5.70 Å². The number of rotatable bonds is 5. The molecule has 4 unspecified atom stereocenters. The third-order valence-corrected chi connectivity index (χ3v) is 8.14. The summed E-state index contributed by atoms with van der Waals surface area (Å²) >= 11 is 0. The summed E-state index contributed by atoms with van der Waals surface area (Å²) in [6.07, 6.45) is 7.22. The zero-order valence-corrected chi connectivity index (χ0v) is 18.7. The van der Waals surface area contributed by atoms with Crippen LogP contribution in [0.25, 0.3) is 0 Å². The standard InChI is InChI=1S/C25H37NO3/c1-15(2)14-26-19-12-20(27)23(29)18(22(19)28)13-25(6)17(4)10-11-24(5)16(3)8-7-9-21(24)25/h12,15,17,21,26,28H,3,7-11,13-14H2,1-2,4-6H3. The van der Waals surface area contributed by atoms with Gasteiger partial charge in [-0.3, -0.25) is 9.59 Å². The fourth-order valence-electron chi connectivity index (χ4n) is 5.94. The Morgan fingerprint density at radius 3 is 2.62 bits per heavy atom. The molecule has 3 aliphatic carbocycles. The predicted octanol–water partition coefficient (Wildman–Crippen LogP) is 5.27. The maximum absolute atomic E-state index is 12.8. The van der Waals surface area contributed by atoms with Gasteiger partial charge in [-0.1, -0.05) is 46.8 Å². The smallest absolute Gasteiger partial charge is 0.232 e. The molecule has 0 aliphatic heterocycles. The Bertz CT molecular complexity index is 790. The Labute approximate surface area is 175 Å². The first-order valence-electron chi connectivity index (χ1n) is 11.2. The lowest BCUT2D eigenvalue weighted by molar-refractivity contribution is -0.132. The largest absolute Gasteiger partial charge is 0.505 e. The number of hydrogen-bond acceptors (Lipinski definition) is 4. The maximum Gasteiger partial charge on any atom is 0.232 e. The summed E-state index contributed by atoms with van der Waals surface area (Å²) < 4.78 is 0. The van der Waals surface area contributed by atoms with E-state index in [-0.39, 0.29) is 16.6 Å². The molecule has 4 heteroatoms. The van der Waals surface area contributed by atoms with Gasteiger partial charge in [-0.05, 0) is 67.1 Å². The molecule has 0 aromatic rings. The van der Waals surface area contributed by atoms with Crippen LogP contribution in [0.4, 0.5) is 0 Å². The van der Waals surface area contributed by atoms with Crippen LogP contribution in [0.2, 0.25) is 0 Å². The SMILES string of the molecule is C=C1CCCC2C1(C)CCC(C)C2(C)CC1=C(O)C(NCC(C)C)=CC(=O)C1=O. The van der Waals surface area contributed by atoms with Crippen LogP contribution in [0.3, 0.4) is 0 Å². The van der Waals surface area contributed by atoms with Crippen LogP contribution in [0.15, 0.2) is 35.3 Å². The van der Waals surface area contributed by atoms with Crippen LogP contribution in [0, 0.1) is 28.6 Å². The minimum atomic E-state index is -0.548. The fraction of sp³-hybridized carbons (Fsp3) is 0.680. The molecule has 0 aromatic carbocycles. The van der Waals surface area contributed by atoms with Crippen LogP contribution < -0.4 is 5.32 Å². The molecule has 2 saturated carbocycles. The first kappa shape index (κ1) is 21.9. The van der Waals surface area contributed by atoms with Crippen molar-refractivity contribution >= 4 is 11.6 Å². The lowest BCUT2D eigenvalue weighted by atomic mass is 9.46. The zero-order valence-electron chi connectivity index (χ0n) is 18.7. The first-order valence-corrected chi connectivity index (χ1v) is 11.2. The molecular weight excluding hydrogens is 362 g/mol. The van der Waals surface area contributed by atoms with Crippen molar-refractivity contribution in [3.63, 3.8) is 0 Å². The van der Waals surface area contributed by atoms with E-state index >= 15 is 0 Å². The number of allylic oxidation sites excluding steroid dienone is 3. The molecule has 2 N–H and O–H groups in total. The van der Waals surface area contributed by atoms with E-state index in [9.17, 15) is 14.7 Å². The molecule has 0 amide bonds. The molecule has 0 spiro atoms. The van der Waals surface area contributed by atoms with Crippen molar-refractivity contribution in [1.82, 2.24) is 5.32 Å². The van der Waals surface area contributed by atoms with E-state index in [0.717, 1.165) is 32.1 Å². The van der Waals surface area contributed by atoms with Crippen molar-refractivity contribution < 1.29 is 14.7 Å². The van der Waals surface area contributed by atoms with Crippen molar-refractivity contribution in [3.05, 3.63) is 35.3 Å². The van der Waals surface area contributed by atoms with E-state index in [0.29, 0.717) is 42.0 Å². The second-order valence-corrected chi connectivity index (χ2v) is 10.4. The molecule has 0 radical (unpaired) electrons. The van der Waals surface area contributed by atoms with E-state index in [1.165, 1.54) is 11.6 Å². The highest BCUT2D eigenvalue weighted by Gasteiger charge is 2.54. The number of aliphatic hydroxyl groups excluding tert-OH is 1. The molecule has 0 bridgehead atoms. The van der Waals surface area contributed by atoms with Gasteiger partial charge < -0.3 is 10.4 Å². The number of carbonyl (C=O) groups excluding carboxylic acids is 2. The van der Waals surface area contributed by atoms with Gasteiger partial charge in [0.25, 0.3) is 0 Å². The monoisotopic (exact) mass is 399 g/mol. The highest BCUT2D eigenvalue weighted by Crippen LogP contribution is 2.63. The number of ketones is 2. The van der Waals surface area contributed by atoms with Gasteiger partial charge >= 0.3 is 0 Å². The lowest BCUT2D eigenvalue weighted by Gasteiger charge is -2.59. The lowest BCUT2D eigenvalue weighted by Crippen LogP contribution is -2.51. The summed E-state index contributed by atoms with van der Waals surface area (Å²) in [6.45, 7) is 16.0. The Balaban J connectivity index is 1.97. The van der Waals surface area contributed by atoms with Crippen LogP contribution >= 0.6 is 0 Å². The maximum atomic E-state index is 12.8. The molecule has 3 aliphatic rings. The Morgan fingerprint density at radius 1 is 1.28 bits per heavy atom. The van der Waals surface area contributed by atoms with Crippen LogP contribution in [-0.4, -0.2) is 23.2 Å². The van der Waals surface area contributed by atoms with Crippen LogP contribution in [0.1, 0.15) is 73.1 Å². The molecule has 4 nitrogen and oxygen atoms in total. The molecule has 0 saturated heterocycles. The third kappa shape index (κ3) is 3.71. The van der Waals surface area contributed by atoms with Gasteiger partial charge in [0.1, 0.15) is 5.76 Å². The van der Waals surface area contributed by atoms with Crippen molar-refractivity contribution in [2.24, 2.45) is 28.6 Å². The quantitative estimate of drug-likeness (QED) is 0.375. The molecule has 160 valence electrons. The normalized spacial score (nSPS) is 35.7. The average Bonchev–Trinajstić information content (AvgIpc) is 2.66. The van der Waals surface area contributed by atoms with Crippen molar-refractivity contribution in [1.29, 1.82) is 0 Å². The number of hydrogen-bond donors (Lipinski definition) is 2. The summed E-state index contributed by atoms with van der Waals surface area (Å²) in [6, 6.07) is 0. The third-order valence-electron chi connectivity index (χ3n) is 8.14. The number of fused-ring (bicyclic) bond motifs is 1. The zero-order chi connectivity index (χ0) is 21.6. The predicted molar refractivity (Wildman–Crippen MR) is 116 cm³/mol. The van der Waals surface area contributed by atoms with Gasteiger partial charge in [0.2, 0.25) is 11.6 Å². The minimum absolute atomic E-state index is 0.0365. The van der Waals surface area contributed by atoms with Crippen molar-refractivity contribution in [2.75, 3.05) is 6.54 Å². The topological polar surface area (TPSA) is 66.4 Å². The number of aliphatic hydroxyl groups is 1.